The zero-order valence-corrected chi connectivity index (χ0v) is 15.7. The number of para-hydroxylation sites is 1. The summed E-state index contributed by atoms with van der Waals surface area (Å²) in [6.45, 7) is 0.672. The van der Waals surface area contributed by atoms with Gasteiger partial charge in [0.1, 0.15) is 11.8 Å². The maximum Gasteiger partial charge on any atom is 0.261 e. The van der Waals surface area contributed by atoms with Gasteiger partial charge in [0.15, 0.2) is 6.61 Å². The topological polar surface area (TPSA) is 68.5 Å². The van der Waals surface area contributed by atoms with Crippen molar-refractivity contribution in [2.24, 2.45) is 0 Å². The predicted molar refractivity (Wildman–Crippen MR) is 105 cm³/mol. The van der Waals surface area contributed by atoms with Crippen molar-refractivity contribution >= 4 is 5.91 Å². The number of amides is 1. The Bertz CT molecular complexity index is 896. The van der Waals surface area contributed by atoms with Gasteiger partial charge in [-0.25, -0.2) is 0 Å². The van der Waals surface area contributed by atoms with Gasteiger partial charge in [-0.3, -0.25) is 4.79 Å². The molecule has 1 amide bonds. The number of hydrogen-bond donors (Lipinski definition) is 0. The van der Waals surface area contributed by atoms with Crippen molar-refractivity contribution in [2.75, 3.05) is 13.2 Å². The molecule has 6 heteroatoms. The molecular formula is C22H23N3O3. The van der Waals surface area contributed by atoms with Gasteiger partial charge in [0, 0.05) is 12.1 Å². The Morgan fingerprint density at radius 1 is 1.00 bits per heavy atom. The largest absolute Gasteiger partial charge is 0.484 e. The van der Waals surface area contributed by atoms with Crippen molar-refractivity contribution in [3.05, 3.63) is 66.6 Å². The Kier molecular flexibility index (Phi) is 5.66. The van der Waals surface area contributed by atoms with Crippen molar-refractivity contribution in [2.45, 2.75) is 31.7 Å². The molecule has 1 aliphatic heterocycles. The maximum atomic E-state index is 12.9. The molecule has 1 fully saturated rings. The van der Waals surface area contributed by atoms with Crippen LogP contribution in [0.15, 0.2) is 65.1 Å². The number of carbonyl (C=O) groups excluding carboxylic acids is 1. The minimum Gasteiger partial charge on any atom is -0.484 e. The highest BCUT2D eigenvalue weighted by Crippen LogP contribution is 2.31. The van der Waals surface area contributed by atoms with Crippen LogP contribution in [0.3, 0.4) is 0 Å². The van der Waals surface area contributed by atoms with Gasteiger partial charge in [-0.15, -0.1) is 10.2 Å². The second-order valence-electron chi connectivity index (χ2n) is 6.87. The highest BCUT2D eigenvalue weighted by molar-refractivity contribution is 5.78. The Balaban J connectivity index is 1.50. The standard InChI is InChI=1S/C22H23N3O3/c26-20(16-27-18-12-6-2-7-13-18)25-15-9-3-8-14-19(25)22-24-23-21(28-22)17-10-4-1-5-11-17/h1-2,4-7,10-13,19H,3,8-9,14-16H2. The zero-order valence-electron chi connectivity index (χ0n) is 15.7. The fraction of sp³-hybridized carbons (Fsp3) is 0.318. The van der Waals surface area contributed by atoms with Crippen molar-refractivity contribution in [3.63, 3.8) is 0 Å². The minimum absolute atomic E-state index is 0.000191. The van der Waals surface area contributed by atoms with Crippen LogP contribution in [0.25, 0.3) is 11.5 Å². The fourth-order valence-electron chi connectivity index (χ4n) is 3.47. The molecule has 0 aliphatic carbocycles. The summed E-state index contributed by atoms with van der Waals surface area (Å²) in [5.74, 6) is 1.60. The SMILES string of the molecule is O=C(COc1ccccc1)N1CCCCCC1c1nnc(-c2ccccc2)o1. The lowest BCUT2D eigenvalue weighted by Crippen LogP contribution is -2.38. The van der Waals surface area contributed by atoms with Crippen LogP contribution < -0.4 is 4.74 Å². The zero-order chi connectivity index (χ0) is 19.2. The summed E-state index contributed by atoms with van der Waals surface area (Å²) < 4.78 is 11.6. The number of nitrogens with zero attached hydrogens (tertiary/aromatic N) is 3. The Morgan fingerprint density at radius 2 is 1.75 bits per heavy atom. The minimum atomic E-state index is -0.209. The number of rotatable bonds is 5. The summed E-state index contributed by atoms with van der Waals surface area (Å²) in [5.41, 5.74) is 0.875. The van der Waals surface area contributed by atoms with Gasteiger partial charge in [-0.1, -0.05) is 49.2 Å². The van der Waals surface area contributed by atoms with E-state index in [9.17, 15) is 4.79 Å². The first-order valence-electron chi connectivity index (χ1n) is 9.67. The van der Waals surface area contributed by atoms with E-state index in [1.54, 1.807) is 0 Å². The third-order valence-electron chi connectivity index (χ3n) is 4.93. The van der Waals surface area contributed by atoms with E-state index in [-0.39, 0.29) is 18.6 Å². The molecule has 2 aromatic carbocycles. The predicted octanol–water partition coefficient (Wildman–Crippen LogP) is 4.26. The van der Waals surface area contributed by atoms with E-state index in [1.165, 1.54) is 0 Å². The Morgan fingerprint density at radius 3 is 2.54 bits per heavy atom. The number of ether oxygens (including phenoxy) is 1. The highest BCUT2D eigenvalue weighted by Gasteiger charge is 2.31. The van der Waals surface area contributed by atoms with Crippen LogP contribution in [-0.2, 0) is 4.79 Å². The van der Waals surface area contributed by atoms with Gasteiger partial charge in [-0.05, 0) is 37.1 Å². The molecule has 0 N–H and O–H groups in total. The van der Waals surface area contributed by atoms with Crippen molar-refractivity contribution < 1.29 is 13.9 Å². The van der Waals surface area contributed by atoms with Crippen LogP contribution in [0.5, 0.6) is 5.75 Å². The molecule has 1 aliphatic rings. The molecule has 1 aromatic heterocycles. The number of carbonyl (C=O) groups is 1. The molecule has 0 spiro atoms. The molecular weight excluding hydrogens is 354 g/mol. The van der Waals surface area contributed by atoms with Gasteiger partial charge in [0.25, 0.3) is 5.91 Å². The fourth-order valence-corrected chi connectivity index (χ4v) is 3.47. The van der Waals surface area contributed by atoms with E-state index in [0.29, 0.717) is 24.1 Å². The second kappa shape index (κ2) is 8.69. The van der Waals surface area contributed by atoms with E-state index < -0.39 is 0 Å². The van der Waals surface area contributed by atoms with Crippen LogP contribution in [0.2, 0.25) is 0 Å². The van der Waals surface area contributed by atoms with Gasteiger partial charge in [0.2, 0.25) is 11.8 Å². The van der Waals surface area contributed by atoms with Crippen LogP contribution in [0, 0.1) is 0 Å². The van der Waals surface area contributed by atoms with E-state index in [2.05, 4.69) is 10.2 Å². The lowest BCUT2D eigenvalue weighted by molar-refractivity contribution is -0.136. The molecule has 1 atom stereocenters. The van der Waals surface area contributed by atoms with Crippen molar-refractivity contribution in [1.82, 2.24) is 15.1 Å². The number of likely N-dealkylation sites (tertiary alicyclic amines) is 1. The van der Waals surface area contributed by atoms with Gasteiger partial charge in [0.05, 0.1) is 0 Å². The van der Waals surface area contributed by atoms with Gasteiger partial charge < -0.3 is 14.1 Å². The number of benzene rings is 2. The summed E-state index contributed by atoms with van der Waals surface area (Å²) in [5, 5.41) is 8.45. The second-order valence-corrected chi connectivity index (χ2v) is 6.87. The van der Waals surface area contributed by atoms with Crippen LogP contribution in [0.4, 0.5) is 0 Å². The molecule has 2 heterocycles. The lowest BCUT2D eigenvalue weighted by Gasteiger charge is -2.27. The van der Waals surface area contributed by atoms with Crippen molar-refractivity contribution in [3.8, 4) is 17.2 Å². The van der Waals surface area contributed by atoms with Crippen LogP contribution in [0.1, 0.15) is 37.6 Å². The maximum absolute atomic E-state index is 12.9. The molecule has 28 heavy (non-hydrogen) atoms. The number of hydrogen-bond acceptors (Lipinski definition) is 5. The Hall–Kier alpha value is -3.15. The molecule has 0 radical (unpaired) electrons. The number of aromatic nitrogens is 2. The third kappa shape index (κ3) is 4.22. The van der Waals surface area contributed by atoms with Gasteiger partial charge >= 0.3 is 0 Å². The first kappa shape index (κ1) is 18.2. The summed E-state index contributed by atoms with van der Waals surface area (Å²) >= 11 is 0. The average molecular weight is 377 g/mol. The summed E-state index contributed by atoms with van der Waals surface area (Å²) in [7, 11) is 0. The molecule has 6 nitrogen and oxygen atoms in total. The molecule has 4 rings (SSSR count). The molecule has 0 saturated carbocycles. The van der Waals surface area contributed by atoms with E-state index >= 15 is 0 Å². The smallest absolute Gasteiger partial charge is 0.261 e. The quantitative estimate of drug-likeness (QED) is 0.664. The summed E-state index contributed by atoms with van der Waals surface area (Å²) in [4.78, 5) is 14.7. The molecule has 1 unspecified atom stereocenters. The average Bonchev–Trinajstić information content (AvgIpc) is 3.11. The first-order chi connectivity index (χ1) is 13.8. The van der Waals surface area contributed by atoms with Crippen molar-refractivity contribution in [1.29, 1.82) is 0 Å². The highest BCUT2D eigenvalue weighted by atomic mass is 16.5. The van der Waals surface area contributed by atoms with E-state index in [1.807, 2.05) is 65.6 Å². The molecule has 0 bridgehead atoms. The van der Waals surface area contributed by atoms with E-state index in [0.717, 1.165) is 31.2 Å². The third-order valence-corrected chi connectivity index (χ3v) is 4.93. The van der Waals surface area contributed by atoms with Crippen LogP contribution in [-0.4, -0.2) is 34.2 Å². The molecule has 3 aromatic rings. The molecule has 1 saturated heterocycles. The summed E-state index contributed by atoms with van der Waals surface area (Å²) in [6, 6.07) is 18.8. The van der Waals surface area contributed by atoms with Gasteiger partial charge in [-0.2, -0.15) is 0 Å². The Labute approximate surface area is 164 Å². The lowest BCUT2D eigenvalue weighted by atomic mass is 10.1. The monoisotopic (exact) mass is 377 g/mol. The summed E-state index contributed by atoms with van der Waals surface area (Å²) in [6.07, 6.45) is 3.89. The first-order valence-corrected chi connectivity index (χ1v) is 9.67. The molecule has 144 valence electrons. The van der Waals surface area contributed by atoms with E-state index in [4.69, 9.17) is 9.15 Å². The van der Waals surface area contributed by atoms with Crippen LogP contribution >= 0.6 is 0 Å². The normalized spacial score (nSPS) is 17.1.